The Balaban J connectivity index is 2.13. The lowest BCUT2D eigenvalue weighted by atomic mass is 10.2. The number of ether oxygens (including phenoxy) is 2. The van der Waals surface area contributed by atoms with Crippen molar-refractivity contribution in [3.8, 4) is 11.8 Å². The predicted molar refractivity (Wildman–Crippen MR) is 84.9 cm³/mol. The minimum absolute atomic E-state index is 0.149. The Hall–Kier alpha value is -3.11. The van der Waals surface area contributed by atoms with Crippen molar-refractivity contribution in [2.75, 3.05) is 25.6 Å². The summed E-state index contributed by atoms with van der Waals surface area (Å²) in [5.74, 6) is 0.682. The summed E-state index contributed by atoms with van der Waals surface area (Å²) in [5.41, 5.74) is 1.09. The average molecular weight is 313 g/mol. The maximum atomic E-state index is 11.1. The van der Waals surface area contributed by atoms with Crippen molar-refractivity contribution in [3.05, 3.63) is 58.1 Å². The quantitative estimate of drug-likeness (QED) is 0.479. The lowest BCUT2D eigenvalue weighted by Gasteiger charge is -2.09. The molecule has 0 aliphatic carbocycles. The molecule has 0 amide bonds. The normalized spacial score (nSPS) is 9.91. The zero-order valence-corrected chi connectivity index (χ0v) is 12.5. The van der Waals surface area contributed by atoms with Gasteiger partial charge in [0.2, 0.25) is 0 Å². The van der Waals surface area contributed by atoms with E-state index in [1.807, 2.05) is 6.07 Å². The highest BCUT2D eigenvalue weighted by molar-refractivity contribution is 5.71. The van der Waals surface area contributed by atoms with E-state index in [9.17, 15) is 10.1 Å². The van der Waals surface area contributed by atoms with Gasteiger partial charge in [-0.2, -0.15) is 5.26 Å². The molecule has 0 spiro atoms. The van der Waals surface area contributed by atoms with Crippen molar-refractivity contribution in [2.45, 2.75) is 0 Å². The highest BCUT2D eigenvalue weighted by Crippen LogP contribution is 2.29. The van der Waals surface area contributed by atoms with Gasteiger partial charge >= 0.3 is 0 Å². The largest absolute Gasteiger partial charge is 0.491 e. The Labute approximate surface area is 133 Å². The number of nitrogens with zero attached hydrogens (tertiary/aromatic N) is 2. The number of benzene rings is 2. The minimum atomic E-state index is -0.522. The fourth-order valence-electron chi connectivity index (χ4n) is 1.89. The molecule has 0 radical (unpaired) electrons. The number of rotatable bonds is 7. The number of nitrogens with one attached hydrogen (secondary N) is 1. The van der Waals surface area contributed by atoms with Crippen LogP contribution in [-0.4, -0.2) is 25.2 Å². The lowest BCUT2D eigenvalue weighted by Crippen LogP contribution is -2.04. The molecule has 0 heterocycles. The van der Waals surface area contributed by atoms with E-state index in [0.717, 1.165) is 0 Å². The van der Waals surface area contributed by atoms with Crippen LogP contribution in [0.3, 0.4) is 0 Å². The Morgan fingerprint density at radius 3 is 2.57 bits per heavy atom. The van der Waals surface area contributed by atoms with Crippen molar-refractivity contribution in [1.29, 1.82) is 5.26 Å². The zero-order chi connectivity index (χ0) is 16.7. The molecule has 2 aromatic rings. The molecule has 0 aliphatic heterocycles. The summed E-state index contributed by atoms with van der Waals surface area (Å²) < 4.78 is 10.3. The SMILES string of the molecule is COCCOc1ccc(Nc2ccc(C#N)cc2[N+](=O)[O-])cc1. The first-order chi connectivity index (χ1) is 11.1. The molecule has 0 saturated heterocycles. The van der Waals surface area contributed by atoms with Crippen molar-refractivity contribution < 1.29 is 14.4 Å². The fourth-order valence-corrected chi connectivity index (χ4v) is 1.89. The van der Waals surface area contributed by atoms with E-state index in [4.69, 9.17) is 14.7 Å². The maximum Gasteiger partial charge on any atom is 0.293 e. The molecule has 0 aromatic heterocycles. The van der Waals surface area contributed by atoms with Gasteiger partial charge < -0.3 is 14.8 Å². The molecule has 1 N–H and O–H groups in total. The van der Waals surface area contributed by atoms with Crippen LogP contribution in [-0.2, 0) is 4.74 Å². The molecule has 118 valence electrons. The molecule has 0 saturated carbocycles. The van der Waals surface area contributed by atoms with Crippen LogP contribution in [0.2, 0.25) is 0 Å². The van der Waals surface area contributed by atoms with Crippen LogP contribution in [0.25, 0.3) is 0 Å². The number of nitro groups is 1. The molecule has 23 heavy (non-hydrogen) atoms. The maximum absolute atomic E-state index is 11.1. The van der Waals surface area contributed by atoms with Gasteiger partial charge in [0, 0.05) is 18.9 Å². The van der Waals surface area contributed by atoms with Crippen LogP contribution < -0.4 is 10.1 Å². The topological polar surface area (TPSA) is 97.4 Å². The minimum Gasteiger partial charge on any atom is -0.491 e. The van der Waals surface area contributed by atoms with Gasteiger partial charge in [0.1, 0.15) is 18.0 Å². The third-order valence-electron chi connectivity index (χ3n) is 3.01. The number of hydrogen-bond donors (Lipinski definition) is 1. The molecule has 0 aliphatic rings. The molecule has 2 aromatic carbocycles. The Bertz CT molecular complexity index is 723. The van der Waals surface area contributed by atoms with Gasteiger partial charge in [-0.3, -0.25) is 10.1 Å². The summed E-state index contributed by atoms with van der Waals surface area (Å²) in [7, 11) is 1.60. The summed E-state index contributed by atoms with van der Waals surface area (Å²) in [5, 5.41) is 22.9. The van der Waals surface area contributed by atoms with Gasteiger partial charge in [-0.25, -0.2) is 0 Å². The van der Waals surface area contributed by atoms with E-state index in [1.165, 1.54) is 18.2 Å². The van der Waals surface area contributed by atoms with Gasteiger partial charge in [-0.15, -0.1) is 0 Å². The average Bonchev–Trinajstić information content (AvgIpc) is 2.57. The third kappa shape index (κ3) is 4.43. The van der Waals surface area contributed by atoms with Crippen LogP contribution in [0.1, 0.15) is 5.56 Å². The second kappa shape index (κ2) is 7.77. The van der Waals surface area contributed by atoms with E-state index in [0.29, 0.717) is 30.3 Å². The van der Waals surface area contributed by atoms with Crippen LogP contribution in [0.15, 0.2) is 42.5 Å². The summed E-state index contributed by atoms with van der Waals surface area (Å²) in [6.07, 6.45) is 0. The molecular formula is C16H15N3O4. The fraction of sp³-hybridized carbons (Fsp3) is 0.188. The van der Waals surface area contributed by atoms with E-state index >= 15 is 0 Å². The molecule has 0 atom stereocenters. The Morgan fingerprint density at radius 2 is 1.96 bits per heavy atom. The summed E-state index contributed by atoms with van der Waals surface area (Å²) in [6.45, 7) is 0.946. The van der Waals surface area contributed by atoms with Gasteiger partial charge in [-0.05, 0) is 36.4 Å². The lowest BCUT2D eigenvalue weighted by molar-refractivity contribution is -0.383. The molecule has 0 bridgehead atoms. The second-order valence-corrected chi connectivity index (χ2v) is 4.59. The van der Waals surface area contributed by atoms with Gasteiger partial charge in [-0.1, -0.05) is 0 Å². The summed E-state index contributed by atoms with van der Waals surface area (Å²) >= 11 is 0. The van der Waals surface area contributed by atoms with Crippen LogP contribution in [0.4, 0.5) is 17.1 Å². The Kier molecular flexibility index (Phi) is 5.50. The first-order valence-corrected chi connectivity index (χ1v) is 6.81. The van der Waals surface area contributed by atoms with Gasteiger partial charge in [0.15, 0.2) is 0 Å². The van der Waals surface area contributed by atoms with Gasteiger partial charge in [0.05, 0.1) is 23.2 Å². The number of nitriles is 1. The predicted octanol–water partition coefficient (Wildman–Crippen LogP) is 3.24. The summed E-state index contributed by atoms with van der Waals surface area (Å²) in [4.78, 5) is 10.6. The van der Waals surface area contributed by atoms with E-state index in [1.54, 1.807) is 31.4 Å². The van der Waals surface area contributed by atoms with Crippen molar-refractivity contribution >= 4 is 17.1 Å². The molecule has 0 fully saturated rings. The zero-order valence-electron chi connectivity index (χ0n) is 12.5. The van der Waals surface area contributed by atoms with Crippen LogP contribution in [0.5, 0.6) is 5.75 Å². The smallest absolute Gasteiger partial charge is 0.293 e. The van der Waals surface area contributed by atoms with Gasteiger partial charge in [0.25, 0.3) is 5.69 Å². The number of nitro benzene ring substituents is 1. The number of methoxy groups -OCH3 is 1. The standard InChI is InChI=1S/C16H15N3O4/c1-22-8-9-23-14-5-3-13(4-6-14)18-15-7-2-12(11-17)10-16(15)19(20)21/h2-7,10,18H,8-9H2,1H3. The third-order valence-corrected chi connectivity index (χ3v) is 3.01. The Morgan fingerprint density at radius 1 is 1.22 bits per heavy atom. The highest BCUT2D eigenvalue weighted by atomic mass is 16.6. The van der Waals surface area contributed by atoms with Crippen LogP contribution in [0, 0.1) is 21.4 Å². The van der Waals surface area contributed by atoms with Crippen molar-refractivity contribution in [1.82, 2.24) is 0 Å². The molecule has 2 rings (SSSR count). The van der Waals surface area contributed by atoms with E-state index in [-0.39, 0.29) is 11.3 Å². The van der Waals surface area contributed by atoms with Crippen molar-refractivity contribution in [3.63, 3.8) is 0 Å². The van der Waals surface area contributed by atoms with E-state index in [2.05, 4.69) is 5.32 Å². The molecule has 0 unspecified atom stereocenters. The highest BCUT2D eigenvalue weighted by Gasteiger charge is 2.14. The first-order valence-electron chi connectivity index (χ1n) is 6.81. The second-order valence-electron chi connectivity index (χ2n) is 4.59. The number of anilines is 2. The molecule has 7 heteroatoms. The number of hydrogen-bond acceptors (Lipinski definition) is 6. The molecule has 7 nitrogen and oxygen atoms in total. The summed E-state index contributed by atoms with van der Waals surface area (Å²) in [6, 6.07) is 13.2. The first kappa shape index (κ1) is 16.3. The van der Waals surface area contributed by atoms with E-state index < -0.39 is 4.92 Å². The monoisotopic (exact) mass is 313 g/mol. The van der Waals surface area contributed by atoms with Crippen LogP contribution >= 0.6 is 0 Å². The molecular weight excluding hydrogens is 298 g/mol. The van der Waals surface area contributed by atoms with Crippen molar-refractivity contribution in [2.24, 2.45) is 0 Å².